The van der Waals surface area contributed by atoms with Gasteiger partial charge in [-0.25, -0.2) is 9.00 Å². The Morgan fingerprint density at radius 3 is 2.31 bits per heavy atom. The van der Waals surface area contributed by atoms with Gasteiger partial charge in [0.2, 0.25) is 0 Å². The highest BCUT2D eigenvalue weighted by atomic mass is 32.2. The van der Waals surface area contributed by atoms with Crippen LogP contribution in [0.5, 0.6) is 5.75 Å². The first kappa shape index (κ1) is 9.69. The molecule has 1 unspecified atom stereocenters. The Hall–Kier alpha value is -1.40. The lowest BCUT2D eigenvalue weighted by Crippen LogP contribution is -2.16. The Balaban J connectivity index is 2.81. The molecule has 5 nitrogen and oxygen atoms in total. The van der Waals surface area contributed by atoms with E-state index in [0.29, 0.717) is 0 Å². The summed E-state index contributed by atoms with van der Waals surface area (Å²) >= 11 is -2.02. The van der Waals surface area contributed by atoms with Crippen molar-refractivity contribution in [2.24, 2.45) is 5.73 Å². The number of hydrogen-bond donors (Lipinski definition) is 2. The molecule has 1 atom stereocenters. The Bertz CT molecular complexity index is 335. The maximum atomic E-state index is 10.5. The third kappa shape index (κ3) is 2.85. The molecule has 13 heavy (non-hydrogen) atoms. The molecule has 0 radical (unpaired) electrons. The van der Waals surface area contributed by atoms with Crippen molar-refractivity contribution < 1.29 is 18.3 Å². The summed E-state index contributed by atoms with van der Waals surface area (Å²) in [5.74, 6) is 0.238. The van der Waals surface area contributed by atoms with Crippen LogP contribution in [0.2, 0.25) is 0 Å². The Kier molecular flexibility index (Phi) is 2.99. The van der Waals surface area contributed by atoms with Crippen LogP contribution in [0.1, 0.15) is 0 Å². The molecule has 0 aromatic heterocycles. The van der Waals surface area contributed by atoms with Crippen molar-refractivity contribution in [3.05, 3.63) is 24.3 Å². The van der Waals surface area contributed by atoms with Gasteiger partial charge in [0.1, 0.15) is 5.75 Å². The van der Waals surface area contributed by atoms with Crippen molar-refractivity contribution in [3.63, 3.8) is 0 Å². The van der Waals surface area contributed by atoms with Crippen molar-refractivity contribution in [3.8, 4) is 5.75 Å². The Morgan fingerprint density at radius 1 is 1.38 bits per heavy atom. The van der Waals surface area contributed by atoms with E-state index in [1.807, 2.05) is 0 Å². The average molecular weight is 201 g/mol. The molecule has 0 aliphatic heterocycles. The molecule has 0 saturated carbocycles. The van der Waals surface area contributed by atoms with Gasteiger partial charge < -0.3 is 15.0 Å². The molecule has 1 aromatic carbocycles. The van der Waals surface area contributed by atoms with Crippen LogP contribution < -0.4 is 10.5 Å². The fourth-order valence-corrected chi connectivity index (χ4v) is 1.11. The van der Waals surface area contributed by atoms with E-state index in [9.17, 15) is 9.00 Å². The number of primary amides is 1. The maximum absolute atomic E-state index is 10.5. The van der Waals surface area contributed by atoms with E-state index in [1.54, 1.807) is 0 Å². The highest BCUT2D eigenvalue weighted by Crippen LogP contribution is 2.13. The molecule has 0 aliphatic carbocycles. The van der Waals surface area contributed by atoms with Gasteiger partial charge in [0.25, 0.3) is 0 Å². The molecule has 6 heteroatoms. The number of rotatable bonds is 2. The van der Waals surface area contributed by atoms with Crippen molar-refractivity contribution in [2.75, 3.05) is 0 Å². The first-order valence-corrected chi connectivity index (χ1v) is 4.38. The van der Waals surface area contributed by atoms with E-state index < -0.39 is 17.2 Å². The van der Waals surface area contributed by atoms with E-state index in [4.69, 9.17) is 10.3 Å². The number of amides is 1. The lowest BCUT2D eigenvalue weighted by atomic mass is 10.3. The molecular formula is C7H7NO4S. The van der Waals surface area contributed by atoms with Crippen molar-refractivity contribution in [2.45, 2.75) is 4.90 Å². The van der Waals surface area contributed by atoms with Gasteiger partial charge in [-0.1, -0.05) is 0 Å². The molecule has 0 fully saturated rings. The molecular weight excluding hydrogens is 194 g/mol. The van der Waals surface area contributed by atoms with E-state index in [2.05, 4.69) is 4.74 Å². The molecule has 0 spiro atoms. The smallest absolute Gasteiger partial charge is 0.409 e. The van der Waals surface area contributed by atoms with Gasteiger partial charge in [0.05, 0.1) is 4.90 Å². The summed E-state index contributed by atoms with van der Waals surface area (Å²) in [7, 11) is 0. The molecule has 1 amide bonds. The summed E-state index contributed by atoms with van der Waals surface area (Å²) in [5.41, 5.74) is 4.75. The number of carbonyl (C=O) groups excluding carboxylic acids is 1. The molecule has 3 N–H and O–H groups in total. The maximum Gasteiger partial charge on any atom is 0.409 e. The Morgan fingerprint density at radius 2 is 1.92 bits per heavy atom. The summed E-state index contributed by atoms with van der Waals surface area (Å²) in [5, 5.41) is 0. The lowest BCUT2D eigenvalue weighted by Gasteiger charge is -2.00. The minimum Gasteiger partial charge on any atom is -0.411 e. The first-order chi connectivity index (χ1) is 6.09. The summed E-state index contributed by atoms with van der Waals surface area (Å²) in [6.07, 6.45) is -0.919. The minimum absolute atomic E-state index is 0.233. The van der Waals surface area contributed by atoms with Crippen molar-refractivity contribution in [1.29, 1.82) is 0 Å². The summed E-state index contributed by atoms with van der Waals surface area (Å²) in [6, 6.07) is 5.51. The van der Waals surface area contributed by atoms with Gasteiger partial charge in [-0.2, -0.15) is 0 Å². The molecule has 0 aliphatic rings. The second-order valence-corrected chi connectivity index (χ2v) is 3.11. The zero-order chi connectivity index (χ0) is 9.84. The van der Waals surface area contributed by atoms with E-state index >= 15 is 0 Å². The average Bonchev–Trinajstić information content (AvgIpc) is 2.04. The van der Waals surface area contributed by atoms with Gasteiger partial charge in [-0.05, 0) is 24.3 Å². The minimum atomic E-state index is -2.02. The third-order valence-electron chi connectivity index (χ3n) is 1.24. The first-order valence-electron chi connectivity index (χ1n) is 3.28. The molecule has 1 aromatic rings. The fourth-order valence-electron chi connectivity index (χ4n) is 0.740. The normalized spacial score (nSPS) is 12.1. The second-order valence-electron chi connectivity index (χ2n) is 2.14. The molecule has 0 heterocycles. The van der Waals surface area contributed by atoms with Gasteiger partial charge in [0, 0.05) is 0 Å². The van der Waals surface area contributed by atoms with Crippen LogP contribution in [-0.4, -0.2) is 14.9 Å². The van der Waals surface area contributed by atoms with Crippen LogP contribution in [0.25, 0.3) is 0 Å². The Labute approximate surface area is 76.8 Å². The summed E-state index contributed by atoms with van der Waals surface area (Å²) in [6.45, 7) is 0. The van der Waals surface area contributed by atoms with Crippen molar-refractivity contribution in [1.82, 2.24) is 0 Å². The third-order valence-corrected chi connectivity index (χ3v) is 1.92. The topological polar surface area (TPSA) is 89.6 Å². The van der Waals surface area contributed by atoms with Crippen LogP contribution in [0, 0.1) is 0 Å². The van der Waals surface area contributed by atoms with Crippen LogP contribution in [0.15, 0.2) is 29.2 Å². The van der Waals surface area contributed by atoms with E-state index in [-0.39, 0.29) is 10.6 Å². The number of carbonyl (C=O) groups is 1. The predicted octanol–water partition coefficient (Wildman–Crippen LogP) is 0.725. The molecule has 0 saturated heterocycles. The lowest BCUT2D eigenvalue weighted by molar-refractivity contribution is 0.211. The SMILES string of the molecule is NC(=O)Oc1ccc(S(=O)O)cc1. The van der Waals surface area contributed by atoms with Crippen LogP contribution in [0.3, 0.4) is 0 Å². The van der Waals surface area contributed by atoms with Gasteiger partial charge in [-0.15, -0.1) is 0 Å². The van der Waals surface area contributed by atoms with Crippen molar-refractivity contribution >= 4 is 17.2 Å². The number of hydrogen-bond acceptors (Lipinski definition) is 3. The molecule has 1 rings (SSSR count). The summed E-state index contributed by atoms with van der Waals surface area (Å²) in [4.78, 5) is 10.5. The van der Waals surface area contributed by atoms with E-state index in [0.717, 1.165) is 0 Å². The number of benzene rings is 1. The quantitative estimate of drug-likeness (QED) is 0.690. The standard InChI is InChI=1S/C7H7NO4S/c8-7(9)12-5-1-3-6(4-2-5)13(10)11/h1-4H,(H2,8,9)(H,10,11). The zero-order valence-corrected chi connectivity index (χ0v) is 7.28. The molecule has 70 valence electrons. The highest BCUT2D eigenvalue weighted by Gasteiger charge is 2.01. The second kappa shape index (κ2) is 4.01. The largest absolute Gasteiger partial charge is 0.411 e. The fraction of sp³-hybridized carbons (Fsp3) is 0. The van der Waals surface area contributed by atoms with Crippen LogP contribution in [0.4, 0.5) is 4.79 Å². The summed E-state index contributed by atoms with van der Waals surface area (Å²) < 4.78 is 23.7. The van der Waals surface area contributed by atoms with Gasteiger partial charge in [0.15, 0.2) is 11.1 Å². The monoisotopic (exact) mass is 201 g/mol. The number of ether oxygens (including phenoxy) is 1. The van der Waals surface area contributed by atoms with Gasteiger partial charge >= 0.3 is 6.09 Å². The molecule has 0 bridgehead atoms. The van der Waals surface area contributed by atoms with Crippen LogP contribution >= 0.6 is 0 Å². The predicted molar refractivity (Wildman–Crippen MR) is 45.7 cm³/mol. The van der Waals surface area contributed by atoms with E-state index in [1.165, 1.54) is 24.3 Å². The number of nitrogens with two attached hydrogens (primary N) is 1. The van der Waals surface area contributed by atoms with Gasteiger partial charge in [-0.3, -0.25) is 0 Å². The van der Waals surface area contributed by atoms with Crippen LogP contribution in [-0.2, 0) is 11.1 Å². The zero-order valence-electron chi connectivity index (χ0n) is 6.47. The highest BCUT2D eigenvalue weighted by molar-refractivity contribution is 7.79.